The highest BCUT2D eigenvalue weighted by molar-refractivity contribution is 5.92. The van der Waals surface area contributed by atoms with Gasteiger partial charge in [0.05, 0.1) is 0 Å². The number of carbonyl (C=O) groups excluding carboxylic acids is 1. The van der Waals surface area contributed by atoms with Gasteiger partial charge in [-0.1, -0.05) is 6.07 Å². The van der Waals surface area contributed by atoms with E-state index in [1.165, 1.54) is 6.07 Å². The van der Waals surface area contributed by atoms with Crippen LogP contribution >= 0.6 is 0 Å². The molecule has 1 amide bonds. The van der Waals surface area contributed by atoms with Gasteiger partial charge < -0.3 is 15.8 Å². The maximum atomic E-state index is 13.3. The van der Waals surface area contributed by atoms with Crippen molar-refractivity contribution in [3.8, 4) is 5.75 Å². The molecule has 0 saturated heterocycles. The van der Waals surface area contributed by atoms with Gasteiger partial charge >= 0.3 is 6.36 Å². The lowest BCUT2D eigenvalue weighted by Crippen LogP contribution is -2.35. The Bertz CT molecular complexity index is 802. The molecule has 28 heavy (non-hydrogen) atoms. The zero-order valence-electron chi connectivity index (χ0n) is 16.0. The van der Waals surface area contributed by atoms with Gasteiger partial charge in [0.2, 0.25) is 5.91 Å². The fourth-order valence-corrected chi connectivity index (χ4v) is 1.93. The van der Waals surface area contributed by atoms with Crippen molar-refractivity contribution in [2.75, 3.05) is 0 Å². The summed E-state index contributed by atoms with van der Waals surface area (Å²) in [4.78, 5) is 14.5. The fourth-order valence-electron chi connectivity index (χ4n) is 1.93. The Morgan fingerprint density at radius 1 is 1.18 bits per heavy atom. The van der Waals surface area contributed by atoms with Gasteiger partial charge in [-0.3, -0.25) is 9.78 Å². The molecule has 2 rings (SSSR count). The van der Waals surface area contributed by atoms with Crippen LogP contribution in [0.1, 0.15) is 42.4 Å². The van der Waals surface area contributed by atoms with Crippen molar-refractivity contribution in [2.24, 2.45) is 5.73 Å². The number of nitrogens with one attached hydrogen (secondary N) is 1. The van der Waals surface area contributed by atoms with Crippen LogP contribution in [0, 0.1) is 12.7 Å². The first-order chi connectivity index (χ1) is 12.8. The Hall–Kier alpha value is -2.68. The number of primary amides is 1. The van der Waals surface area contributed by atoms with Crippen LogP contribution in [0.2, 0.25) is 0 Å². The molecule has 3 N–H and O–H groups in total. The number of aryl methyl sites for hydroxylation is 1. The van der Waals surface area contributed by atoms with Gasteiger partial charge in [-0.25, -0.2) is 4.39 Å². The third-order valence-electron chi connectivity index (χ3n) is 3.23. The van der Waals surface area contributed by atoms with Crippen molar-refractivity contribution in [1.29, 1.82) is 0 Å². The number of alkyl halides is 3. The Labute approximate surface area is 160 Å². The maximum Gasteiger partial charge on any atom is 0.573 e. The summed E-state index contributed by atoms with van der Waals surface area (Å²) in [7, 11) is 0. The third kappa shape index (κ3) is 9.31. The molecule has 0 unspecified atom stereocenters. The van der Waals surface area contributed by atoms with Gasteiger partial charge in [-0.15, -0.1) is 13.2 Å². The smallest absolute Gasteiger partial charge is 0.403 e. The van der Waals surface area contributed by atoms with Crippen molar-refractivity contribution in [3.63, 3.8) is 0 Å². The minimum Gasteiger partial charge on any atom is -0.403 e. The molecule has 2 aromatic rings. The van der Waals surface area contributed by atoms with Crippen LogP contribution in [-0.2, 0) is 6.54 Å². The predicted molar refractivity (Wildman–Crippen MR) is 97.2 cm³/mol. The second-order valence-electron chi connectivity index (χ2n) is 6.97. The van der Waals surface area contributed by atoms with Gasteiger partial charge in [0.15, 0.2) is 11.6 Å². The van der Waals surface area contributed by atoms with Crippen LogP contribution in [0.3, 0.4) is 0 Å². The molecular weight excluding hydrogens is 378 g/mol. The van der Waals surface area contributed by atoms with E-state index >= 15 is 0 Å². The SMILES string of the molecule is CC(C)(C)NCc1ccc(OC(F)(F)F)c(F)c1.Cc1cc(C(N)=O)ccn1. The van der Waals surface area contributed by atoms with Gasteiger partial charge in [0, 0.05) is 29.5 Å². The quantitative estimate of drug-likeness (QED) is 0.757. The number of hydrogen-bond donors (Lipinski definition) is 2. The highest BCUT2D eigenvalue weighted by atomic mass is 19.4. The number of carbonyl (C=O) groups is 1. The van der Waals surface area contributed by atoms with Crippen LogP contribution in [-0.4, -0.2) is 22.8 Å². The number of amides is 1. The summed E-state index contributed by atoms with van der Waals surface area (Å²) in [5, 5.41) is 3.10. The van der Waals surface area contributed by atoms with E-state index < -0.39 is 23.8 Å². The second kappa shape index (κ2) is 9.50. The van der Waals surface area contributed by atoms with E-state index in [1.807, 2.05) is 27.7 Å². The second-order valence-corrected chi connectivity index (χ2v) is 6.97. The Balaban J connectivity index is 0.000000330. The highest BCUT2D eigenvalue weighted by Crippen LogP contribution is 2.26. The molecule has 0 radical (unpaired) electrons. The molecule has 0 bridgehead atoms. The summed E-state index contributed by atoms with van der Waals surface area (Å²) in [6.45, 7) is 7.98. The Morgan fingerprint density at radius 2 is 1.82 bits per heavy atom. The molecule has 1 aromatic heterocycles. The average molecular weight is 401 g/mol. The standard InChI is InChI=1S/C12H15F4NO.C7H8N2O/c1-11(2,3)17-7-8-4-5-10(9(13)6-8)18-12(14,15)16;1-5-4-6(7(8)10)2-3-9-5/h4-6,17H,7H2,1-3H3;2-4H,1H3,(H2,8,10). The number of pyridine rings is 1. The number of rotatable bonds is 4. The number of aromatic nitrogens is 1. The predicted octanol–water partition coefficient (Wildman–Crippen LogP) is 4.10. The molecule has 0 atom stereocenters. The molecule has 5 nitrogen and oxygen atoms in total. The zero-order chi connectivity index (χ0) is 21.5. The number of ether oxygens (including phenoxy) is 1. The molecular formula is C19H23F4N3O2. The van der Waals surface area contributed by atoms with Crippen LogP contribution in [0.4, 0.5) is 17.6 Å². The largest absolute Gasteiger partial charge is 0.573 e. The summed E-state index contributed by atoms with van der Waals surface area (Å²) < 4.78 is 52.7. The van der Waals surface area contributed by atoms with E-state index in [2.05, 4.69) is 15.0 Å². The van der Waals surface area contributed by atoms with Gasteiger partial charge in [0.1, 0.15) is 0 Å². The lowest BCUT2D eigenvalue weighted by Gasteiger charge is -2.20. The van der Waals surface area contributed by atoms with Crippen LogP contribution < -0.4 is 15.8 Å². The first kappa shape index (κ1) is 23.4. The van der Waals surface area contributed by atoms with Crippen molar-refractivity contribution in [3.05, 3.63) is 59.2 Å². The van der Waals surface area contributed by atoms with E-state index in [1.54, 1.807) is 18.3 Å². The summed E-state index contributed by atoms with van der Waals surface area (Å²) in [6, 6.07) is 6.64. The van der Waals surface area contributed by atoms with E-state index in [9.17, 15) is 22.4 Å². The Kier molecular flexibility index (Phi) is 7.92. The molecule has 0 aliphatic carbocycles. The number of benzene rings is 1. The van der Waals surface area contributed by atoms with Crippen molar-refractivity contribution in [2.45, 2.75) is 46.1 Å². The highest BCUT2D eigenvalue weighted by Gasteiger charge is 2.32. The third-order valence-corrected chi connectivity index (χ3v) is 3.23. The van der Waals surface area contributed by atoms with E-state index in [-0.39, 0.29) is 5.54 Å². The summed E-state index contributed by atoms with van der Waals surface area (Å²) in [6.07, 6.45) is -3.32. The summed E-state index contributed by atoms with van der Waals surface area (Å²) in [5.41, 5.74) is 6.72. The normalized spacial score (nSPS) is 11.4. The van der Waals surface area contributed by atoms with Crippen LogP contribution in [0.5, 0.6) is 5.75 Å². The molecule has 1 aromatic carbocycles. The minimum absolute atomic E-state index is 0.155. The molecule has 0 saturated carbocycles. The van der Waals surface area contributed by atoms with Gasteiger partial charge in [0.25, 0.3) is 0 Å². The van der Waals surface area contributed by atoms with E-state index in [0.717, 1.165) is 17.8 Å². The van der Waals surface area contributed by atoms with E-state index in [4.69, 9.17) is 5.73 Å². The number of nitrogens with zero attached hydrogens (tertiary/aromatic N) is 1. The molecule has 0 aliphatic heterocycles. The maximum absolute atomic E-state index is 13.3. The minimum atomic E-state index is -4.88. The van der Waals surface area contributed by atoms with Crippen molar-refractivity contribution < 1.29 is 27.1 Å². The molecule has 0 fully saturated rings. The number of hydrogen-bond acceptors (Lipinski definition) is 4. The number of nitrogens with two attached hydrogens (primary N) is 1. The van der Waals surface area contributed by atoms with Crippen LogP contribution in [0.25, 0.3) is 0 Å². The summed E-state index contributed by atoms with van der Waals surface area (Å²) >= 11 is 0. The zero-order valence-corrected chi connectivity index (χ0v) is 16.0. The monoisotopic (exact) mass is 401 g/mol. The van der Waals surface area contributed by atoms with E-state index in [0.29, 0.717) is 17.7 Å². The molecule has 0 aliphatic rings. The molecule has 0 spiro atoms. The first-order valence-corrected chi connectivity index (χ1v) is 8.28. The lowest BCUT2D eigenvalue weighted by molar-refractivity contribution is -0.275. The summed E-state index contributed by atoms with van der Waals surface area (Å²) in [5.74, 6) is -2.26. The fraction of sp³-hybridized carbons (Fsp3) is 0.368. The van der Waals surface area contributed by atoms with Crippen LogP contribution in [0.15, 0.2) is 36.5 Å². The topological polar surface area (TPSA) is 77.2 Å². The van der Waals surface area contributed by atoms with Crippen molar-refractivity contribution >= 4 is 5.91 Å². The lowest BCUT2D eigenvalue weighted by atomic mass is 10.1. The average Bonchev–Trinajstić information content (AvgIpc) is 2.54. The Morgan fingerprint density at radius 3 is 2.25 bits per heavy atom. The van der Waals surface area contributed by atoms with Gasteiger partial charge in [-0.2, -0.15) is 0 Å². The molecule has 154 valence electrons. The first-order valence-electron chi connectivity index (χ1n) is 8.28. The van der Waals surface area contributed by atoms with Crippen molar-refractivity contribution in [1.82, 2.24) is 10.3 Å². The number of halogens is 4. The van der Waals surface area contributed by atoms with Gasteiger partial charge in [-0.05, 0) is 57.5 Å². The molecule has 9 heteroatoms. The molecule has 1 heterocycles.